The summed E-state index contributed by atoms with van der Waals surface area (Å²) in [4.78, 5) is 30.9. The fourth-order valence-electron chi connectivity index (χ4n) is 3.53. The van der Waals surface area contributed by atoms with Crippen LogP contribution in [-0.4, -0.2) is 42.6 Å². The number of nitrogens with zero attached hydrogens (tertiary/aromatic N) is 2. The number of hydrogen-bond acceptors (Lipinski definition) is 6. The Labute approximate surface area is 171 Å². The van der Waals surface area contributed by atoms with Gasteiger partial charge in [0.25, 0.3) is 11.9 Å². The van der Waals surface area contributed by atoms with Gasteiger partial charge in [-0.2, -0.15) is 4.98 Å². The number of oxazole rings is 1. The quantitative estimate of drug-likeness (QED) is 0.681. The lowest BCUT2D eigenvalue weighted by Crippen LogP contribution is -2.39. The van der Waals surface area contributed by atoms with Gasteiger partial charge in [-0.05, 0) is 50.7 Å². The molecule has 0 bridgehead atoms. The highest BCUT2D eigenvalue weighted by Crippen LogP contribution is 2.26. The maximum atomic E-state index is 12.3. The Balaban J connectivity index is 1.40. The fourth-order valence-corrected chi connectivity index (χ4v) is 3.53. The summed E-state index contributed by atoms with van der Waals surface area (Å²) in [5.74, 6) is -0.125. The third-order valence-electron chi connectivity index (χ3n) is 5.31. The molecule has 1 aromatic heterocycles. The Kier molecular flexibility index (Phi) is 7.12. The van der Waals surface area contributed by atoms with Crippen LogP contribution < -0.4 is 10.2 Å². The monoisotopic (exact) mass is 401 g/mol. The molecule has 158 valence electrons. The van der Waals surface area contributed by atoms with Crippen molar-refractivity contribution in [3.05, 3.63) is 24.3 Å². The lowest BCUT2D eigenvalue weighted by molar-refractivity contribution is -0.153. The summed E-state index contributed by atoms with van der Waals surface area (Å²) in [6, 6.07) is 8.33. The number of ether oxygens (including phenoxy) is 1. The summed E-state index contributed by atoms with van der Waals surface area (Å²) >= 11 is 0. The summed E-state index contributed by atoms with van der Waals surface area (Å²) in [5, 5.41) is 2.89. The molecule has 1 aliphatic heterocycles. The molecule has 1 aliphatic rings. The Hall–Kier alpha value is -2.57. The molecule has 3 rings (SSSR count). The summed E-state index contributed by atoms with van der Waals surface area (Å²) in [5.41, 5.74) is 1.59. The predicted molar refractivity (Wildman–Crippen MR) is 112 cm³/mol. The second-order valence-electron chi connectivity index (χ2n) is 8.27. The Morgan fingerprint density at radius 3 is 2.62 bits per heavy atom. The first-order valence-electron chi connectivity index (χ1n) is 10.5. The SMILES string of the molecule is CC(C)CC[C@H](C)NC(=O)COC(=O)C1CCN(c2nc3ccccc3o2)CC1. The van der Waals surface area contributed by atoms with Gasteiger partial charge in [-0.15, -0.1) is 0 Å². The number of carbonyl (C=O) groups is 2. The van der Waals surface area contributed by atoms with Gasteiger partial charge in [0.15, 0.2) is 12.2 Å². The smallest absolute Gasteiger partial charge is 0.309 e. The first-order chi connectivity index (χ1) is 13.9. The van der Waals surface area contributed by atoms with Gasteiger partial charge in [0.05, 0.1) is 5.92 Å². The van der Waals surface area contributed by atoms with Crippen LogP contribution in [0.4, 0.5) is 6.01 Å². The van der Waals surface area contributed by atoms with Crippen LogP contribution in [0.3, 0.4) is 0 Å². The Morgan fingerprint density at radius 1 is 1.21 bits per heavy atom. The maximum Gasteiger partial charge on any atom is 0.309 e. The Morgan fingerprint density at radius 2 is 1.93 bits per heavy atom. The number of hydrogen-bond donors (Lipinski definition) is 1. The van der Waals surface area contributed by atoms with Gasteiger partial charge in [0, 0.05) is 19.1 Å². The second kappa shape index (κ2) is 9.76. The van der Waals surface area contributed by atoms with Crippen LogP contribution in [0.2, 0.25) is 0 Å². The van der Waals surface area contributed by atoms with Crippen molar-refractivity contribution in [2.75, 3.05) is 24.6 Å². The fraction of sp³-hybridized carbons (Fsp3) is 0.591. The van der Waals surface area contributed by atoms with E-state index in [1.165, 1.54) is 0 Å². The molecule has 1 atom stereocenters. The number of amides is 1. The topological polar surface area (TPSA) is 84.7 Å². The average Bonchev–Trinajstić information content (AvgIpc) is 3.15. The highest BCUT2D eigenvalue weighted by atomic mass is 16.5. The lowest BCUT2D eigenvalue weighted by atomic mass is 9.97. The number of benzene rings is 1. The van der Waals surface area contributed by atoms with E-state index in [9.17, 15) is 9.59 Å². The second-order valence-corrected chi connectivity index (χ2v) is 8.27. The van der Waals surface area contributed by atoms with Gasteiger partial charge >= 0.3 is 5.97 Å². The summed E-state index contributed by atoms with van der Waals surface area (Å²) in [7, 11) is 0. The van der Waals surface area contributed by atoms with Crippen LogP contribution in [0.25, 0.3) is 11.1 Å². The van der Waals surface area contributed by atoms with Crippen molar-refractivity contribution in [1.29, 1.82) is 0 Å². The number of piperidine rings is 1. The van der Waals surface area contributed by atoms with Crippen molar-refractivity contribution in [1.82, 2.24) is 10.3 Å². The van der Waals surface area contributed by atoms with E-state index in [1.807, 2.05) is 36.1 Å². The van der Waals surface area contributed by atoms with E-state index in [1.54, 1.807) is 0 Å². The molecule has 0 radical (unpaired) electrons. The highest BCUT2D eigenvalue weighted by molar-refractivity contribution is 5.81. The number of carbonyl (C=O) groups excluding carboxylic acids is 2. The van der Waals surface area contributed by atoms with E-state index in [0.29, 0.717) is 37.9 Å². The number of nitrogens with one attached hydrogen (secondary N) is 1. The van der Waals surface area contributed by atoms with E-state index in [-0.39, 0.29) is 30.4 Å². The summed E-state index contributed by atoms with van der Waals surface area (Å²) in [6.07, 6.45) is 3.29. The molecule has 0 spiro atoms. The number of rotatable bonds is 8. The van der Waals surface area contributed by atoms with Crippen molar-refractivity contribution in [2.45, 2.75) is 52.5 Å². The zero-order valence-corrected chi connectivity index (χ0v) is 17.5. The highest BCUT2D eigenvalue weighted by Gasteiger charge is 2.28. The zero-order chi connectivity index (χ0) is 20.8. The molecule has 1 aromatic carbocycles. The minimum absolute atomic E-state index is 0.0863. The van der Waals surface area contributed by atoms with Gasteiger partial charge < -0.3 is 19.4 Å². The number of fused-ring (bicyclic) bond motifs is 1. The third-order valence-corrected chi connectivity index (χ3v) is 5.31. The van der Waals surface area contributed by atoms with Crippen molar-refractivity contribution in [3.8, 4) is 0 Å². The van der Waals surface area contributed by atoms with Crippen molar-refractivity contribution in [3.63, 3.8) is 0 Å². The average molecular weight is 402 g/mol. The maximum absolute atomic E-state index is 12.3. The molecule has 1 saturated heterocycles. The van der Waals surface area contributed by atoms with Crippen LogP contribution in [0.15, 0.2) is 28.7 Å². The molecule has 1 amide bonds. The normalized spacial score (nSPS) is 16.2. The molecule has 7 heteroatoms. The minimum Gasteiger partial charge on any atom is -0.455 e. The molecule has 2 heterocycles. The van der Waals surface area contributed by atoms with Crippen LogP contribution in [0.1, 0.15) is 46.5 Å². The molecular formula is C22H31N3O4. The summed E-state index contributed by atoms with van der Waals surface area (Å²) in [6.45, 7) is 7.42. The standard InChI is InChI=1S/C22H31N3O4/c1-15(2)8-9-16(3)23-20(26)14-28-21(27)17-10-12-25(13-11-17)22-24-18-6-4-5-7-19(18)29-22/h4-7,15-17H,8-14H2,1-3H3,(H,23,26)/t16-/m0/s1. The van der Waals surface area contributed by atoms with E-state index >= 15 is 0 Å². The number of anilines is 1. The molecular weight excluding hydrogens is 370 g/mol. The van der Waals surface area contributed by atoms with Gasteiger partial charge in [0.1, 0.15) is 5.52 Å². The lowest BCUT2D eigenvalue weighted by Gasteiger charge is -2.29. The molecule has 0 aliphatic carbocycles. The van der Waals surface area contributed by atoms with E-state index in [2.05, 4.69) is 24.1 Å². The molecule has 7 nitrogen and oxygen atoms in total. The first-order valence-corrected chi connectivity index (χ1v) is 10.5. The van der Waals surface area contributed by atoms with E-state index in [0.717, 1.165) is 23.9 Å². The van der Waals surface area contributed by atoms with Crippen molar-refractivity contribution >= 4 is 29.0 Å². The molecule has 29 heavy (non-hydrogen) atoms. The zero-order valence-electron chi connectivity index (χ0n) is 17.5. The van der Waals surface area contributed by atoms with Crippen molar-refractivity contribution < 1.29 is 18.7 Å². The van der Waals surface area contributed by atoms with E-state index in [4.69, 9.17) is 9.15 Å². The molecule has 0 saturated carbocycles. The molecule has 1 N–H and O–H groups in total. The summed E-state index contributed by atoms with van der Waals surface area (Å²) < 4.78 is 11.0. The number of aromatic nitrogens is 1. The van der Waals surface area contributed by atoms with Crippen LogP contribution >= 0.6 is 0 Å². The minimum atomic E-state index is -0.299. The number of para-hydroxylation sites is 2. The van der Waals surface area contributed by atoms with Crippen LogP contribution in [0, 0.1) is 11.8 Å². The van der Waals surface area contributed by atoms with Gasteiger partial charge in [0.2, 0.25) is 0 Å². The third kappa shape index (κ3) is 5.95. The van der Waals surface area contributed by atoms with Crippen LogP contribution in [-0.2, 0) is 14.3 Å². The Bertz CT molecular complexity index is 791. The number of esters is 1. The van der Waals surface area contributed by atoms with Gasteiger partial charge in [-0.3, -0.25) is 9.59 Å². The van der Waals surface area contributed by atoms with Crippen LogP contribution in [0.5, 0.6) is 0 Å². The van der Waals surface area contributed by atoms with Gasteiger partial charge in [-0.25, -0.2) is 0 Å². The predicted octanol–water partition coefficient (Wildman–Crippen LogP) is 3.53. The molecule has 0 unspecified atom stereocenters. The molecule has 1 fully saturated rings. The molecule has 2 aromatic rings. The van der Waals surface area contributed by atoms with Gasteiger partial charge in [-0.1, -0.05) is 26.0 Å². The van der Waals surface area contributed by atoms with Crippen molar-refractivity contribution in [2.24, 2.45) is 11.8 Å². The first kappa shape index (κ1) is 21.1. The largest absolute Gasteiger partial charge is 0.455 e. The van der Waals surface area contributed by atoms with E-state index < -0.39 is 0 Å².